The highest BCUT2D eigenvalue weighted by atomic mass is 32.1. The number of anilines is 1. The molecule has 0 spiro atoms. The molecular formula is C32H32N6OS. The van der Waals surface area contributed by atoms with Crippen LogP contribution >= 0.6 is 11.3 Å². The number of nitrogens with zero attached hydrogens (tertiary/aromatic N) is 3. The molecule has 1 atom stereocenters. The Balaban J connectivity index is 1.13. The van der Waals surface area contributed by atoms with E-state index in [9.17, 15) is 4.79 Å². The summed E-state index contributed by atoms with van der Waals surface area (Å²) < 4.78 is 0. The number of rotatable bonds is 6. The van der Waals surface area contributed by atoms with E-state index in [0.717, 1.165) is 69.7 Å². The van der Waals surface area contributed by atoms with Gasteiger partial charge in [0.2, 0.25) is 5.91 Å². The maximum atomic E-state index is 12.7. The summed E-state index contributed by atoms with van der Waals surface area (Å²) in [5.74, 6) is 0.591. The minimum atomic E-state index is 0.0849. The third kappa shape index (κ3) is 4.88. The van der Waals surface area contributed by atoms with Crippen LogP contribution < -0.4 is 10.7 Å². The van der Waals surface area contributed by atoms with Crippen LogP contribution in [0.15, 0.2) is 71.7 Å². The number of hydrogen-bond acceptors (Lipinski definition) is 6. The maximum absolute atomic E-state index is 12.7. The lowest BCUT2D eigenvalue weighted by atomic mass is 9.87. The van der Waals surface area contributed by atoms with Gasteiger partial charge in [0.05, 0.1) is 34.2 Å². The highest BCUT2D eigenvalue weighted by Gasteiger charge is 2.29. The minimum Gasteiger partial charge on any atom is -0.353 e. The first kappa shape index (κ1) is 25.0. The Labute approximate surface area is 237 Å². The van der Waals surface area contributed by atoms with Crippen LogP contribution in [0.2, 0.25) is 0 Å². The van der Waals surface area contributed by atoms with Crippen LogP contribution in [-0.4, -0.2) is 32.6 Å². The van der Waals surface area contributed by atoms with Crippen LogP contribution in [0.4, 0.5) is 5.69 Å². The van der Waals surface area contributed by atoms with E-state index in [-0.39, 0.29) is 11.9 Å². The molecule has 4 aromatic heterocycles. The van der Waals surface area contributed by atoms with Crippen LogP contribution in [0, 0.1) is 12.8 Å². The van der Waals surface area contributed by atoms with Gasteiger partial charge in [-0.25, -0.2) is 0 Å². The number of H-pyrrole nitrogens is 1. The molecule has 3 aliphatic rings. The molecule has 7 rings (SSSR count). The van der Waals surface area contributed by atoms with Crippen molar-refractivity contribution in [1.29, 1.82) is 0 Å². The number of pyridine rings is 2. The van der Waals surface area contributed by atoms with Crippen molar-refractivity contribution in [2.75, 3.05) is 5.32 Å². The molecule has 7 nitrogen and oxygen atoms in total. The maximum Gasteiger partial charge on any atom is 0.224 e. The lowest BCUT2D eigenvalue weighted by Gasteiger charge is -2.21. The van der Waals surface area contributed by atoms with Gasteiger partial charge in [0.1, 0.15) is 5.71 Å². The molecule has 202 valence electrons. The smallest absolute Gasteiger partial charge is 0.224 e. The molecule has 1 amide bonds. The number of allylic oxidation sites excluding steroid dienone is 2. The lowest BCUT2D eigenvalue weighted by molar-refractivity contribution is -0.117. The van der Waals surface area contributed by atoms with Gasteiger partial charge in [-0.2, -0.15) is 5.10 Å². The molecule has 1 fully saturated rings. The minimum absolute atomic E-state index is 0.0849. The molecule has 8 heteroatoms. The van der Waals surface area contributed by atoms with Gasteiger partial charge in [-0.3, -0.25) is 14.8 Å². The highest BCUT2D eigenvalue weighted by Crippen LogP contribution is 2.35. The highest BCUT2D eigenvalue weighted by molar-refractivity contribution is 7.15. The van der Waals surface area contributed by atoms with E-state index in [1.54, 1.807) is 17.5 Å². The largest absolute Gasteiger partial charge is 0.353 e. The summed E-state index contributed by atoms with van der Waals surface area (Å²) >= 11 is 1.76. The Hall–Kier alpha value is -4.04. The molecule has 0 saturated heterocycles. The number of amides is 1. The van der Waals surface area contributed by atoms with Crippen LogP contribution in [-0.2, 0) is 4.79 Å². The first-order valence-corrected chi connectivity index (χ1v) is 15.0. The summed E-state index contributed by atoms with van der Waals surface area (Å²) in [6.45, 7) is 2.12. The van der Waals surface area contributed by atoms with Crippen molar-refractivity contribution in [3.8, 4) is 10.6 Å². The third-order valence-corrected chi connectivity index (χ3v) is 9.20. The van der Waals surface area contributed by atoms with Gasteiger partial charge in [0.15, 0.2) is 0 Å². The Morgan fingerprint density at radius 1 is 1.12 bits per heavy atom. The van der Waals surface area contributed by atoms with Crippen molar-refractivity contribution in [1.82, 2.24) is 20.4 Å². The number of nitrogens with one attached hydrogen (secondary N) is 3. The van der Waals surface area contributed by atoms with Crippen LogP contribution in [0.3, 0.4) is 0 Å². The fourth-order valence-electron chi connectivity index (χ4n) is 6.15. The summed E-state index contributed by atoms with van der Waals surface area (Å²) in [5.41, 5.74) is 11.2. The van der Waals surface area contributed by atoms with Crippen LogP contribution in [0.25, 0.3) is 27.0 Å². The number of aryl methyl sites for hydroxylation is 1. The van der Waals surface area contributed by atoms with Gasteiger partial charge in [0, 0.05) is 45.7 Å². The third-order valence-electron chi connectivity index (χ3n) is 8.20. The fourth-order valence-corrected chi connectivity index (χ4v) is 7.03. The molecule has 1 aliphatic heterocycles. The molecule has 0 aromatic carbocycles. The number of fused-ring (bicyclic) bond motifs is 2. The zero-order valence-corrected chi connectivity index (χ0v) is 23.4. The second-order valence-electron chi connectivity index (χ2n) is 11.1. The van der Waals surface area contributed by atoms with E-state index in [1.807, 2.05) is 24.5 Å². The van der Waals surface area contributed by atoms with E-state index < -0.39 is 0 Å². The molecule has 0 bridgehead atoms. The summed E-state index contributed by atoms with van der Waals surface area (Å²) in [5, 5.41) is 8.92. The van der Waals surface area contributed by atoms with Gasteiger partial charge in [-0.1, -0.05) is 25.3 Å². The van der Waals surface area contributed by atoms with Gasteiger partial charge in [0.25, 0.3) is 0 Å². The van der Waals surface area contributed by atoms with Gasteiger partial charge < -0.3 is 15.7 Å². The number of hydrazone groups is 1. The lowest BCUT2D eigenvalue weighted by Crippen LogP contribution is -2.23. The summed E-state index contributed by atoms with van der Waals surface area (Å²) in [7, 11) is 0. The van der Waals surface area contributed by atoms with E-state index in [2.05, 4.69) is 58.0 Å². The second kappa shape index (κ2) is 10.5. The quantitative estimate of drug-likeness (QED) is 0.242. The summed E-state index contributed by atoms with van der Waals surface area (Å²) in [6, 6.07) is 10.6. The zero-order valence-electron chi connectivity index (χ0n) is 22.5. The number of hydrogen-bond donors (Lipinski definition) is 3. The molecule has 3 N–H and O–H groups in total. The van der Waals surface area contributed by atoms with Crippen molar-refractivity contribution in [3.63, 3.8) is 0 Å². The van der Waals surface area contributed by atoms with Crippen molar-refractivity contribution < 1.29 is 4.79 Å². The second-order valence-corrected chi connectivity index (χ2v) is 12.4. The Morgan fingerprint density at radius 3 is 2.88 bits per heavy atom. The molecule has 0 radical (unpaired) electrons. The van der Waals surface area contributed by atoms with Crippen molar-refractivity contribution >= 4 is 45.1 Å². The van der Waals surface area contributed by atoms with Gasteiger partial charge in [-0.15, -0.1) is 11.3 Å². The monoisotopic (exact) mass is 548 g/mol. The predicted molar refractivity (Wildman–Crippen MR) is 162 cm³/mol. The molecule has 1 saturated carbocycles. The molecule has 1 unspecified atom stereocenters. The Kier molecular flexibility index (Phi) is 6.55. The Bertz CT molecular complexity index is 1690. The summed E-state index contributed by atoms with van der Waals surface area (Å²) in [4.78, 5) is 27.9. The molecule has 2 aliphatic carbocycles. The standard InChI is InChI=1S/C32H32N6OS/c1-19-7-10-29(40-19)32-25-16-28(36-26(25)11-12-34-32)31-24-15-21(8-9-27(24)37-38-31)22-14-23(18-33-17-22)35-30(39)13-20-5-3-2-4-6-20/h7-8,10-12,14-18,20,27,36-37H,2-6,9,13H2,1H3,(H,35,39). The molecule has 40 heavy (non-hydrogen) atoms. The SMILES string of the molecule is Cc1ccc(-c2nccc3[nH]c(C4=NNC5CC=C(c6cncc(NC(=O)CC7CCCCC7)c6)C=C45)cc23)s1. The number of thiophene rings is 1. The Morgan fingerprint density at radius 2 is 2.02 bits per heavy atom. The normalized spacial score (nSPS) is 19.0. The number of carbonyl (C=O) groups is 1. The zero-order chi connectivity index (χ0) is 27.1. The van der Waals surface area contributed by atoms with Crippen LogP contribution in [0.1, 0.15) is 61.1 Å². The van der Waals surface area contributed by atoms with E-state index >= 15 is 0 Å². The van der Waals surface area contributed by atoms with Gasteiger partial charge >= 0.3 is 0 Å². The van der Waals surface area contributed by atoms with Crippen molar-refractivity contribution in [2.45, 2.75) is 57.9 Å². The first-order chi connectivity index (χ1) is 19.6. The van der Waals surface area contributed by atoms with Crippen LogP contribution in [0.5, 0.6) is 0 Å². The summed E-state index contributed by atoms with van der Waals surface area (Å²) in [6.07, 6.45) is 17.4. The topological polar surface area (TPSA) is 95.1 Å². The number of aromatic nitrogens is 3. The number of aromatic amines is 1. The molecule has 4 aromatic rings. The average Bonchev–Trinajstić information content (AvgIpc) is 3.71. The van der Waals surface area contributed by atoms with Gasteiger partial charge in [-0.05, 0) is 74.1 Å². The van der Waals surface area contributed by atoms with Crippen molar-refractivity contribution in [2.24, 2.45) is 11.0 Å². The van der Waals surface area contributed by atoms with E-state index in [1.165, 1.54) is 29.0 Å². The fraction of sp³-hybridized carbons (Fsp3) is 0.312. The first-order valence-electron chi connectivity index (χ1n) is 14.2. The average molecular weight is 549 g/mol. The van der Waals surface area contributed by atoms with Crippen molar-refractivity contribution in [3.05, 3.63) is 82.8 Å². The molecular weight excluding hydrogens is 516 g/mol. The number of carbonyl (C=O) groups excluding carboxylic acids is 1. The molecule has 5 heterocycles. The predicted octanol–water partition coefficient (Wildman–Crippen LogP) is 6.99. The van der Waals surface area contributed by atoms with E-state index in [4.69, 9.17) is 10.1 Å². The van der Waals surface area contributed by atoms with E-state index in [0.29, 0.717) is 12.3 Å².